The number of anilines is 2. The van der Waals surface area contributed by atoms with Crippen LogP contribution in [0.4, 0.5) is 10.9 Å². The van der Waals surface area contributed by atoms with E-state index in [1.54, 1.807) is 0 Å². The molecule has 0 atom stereocenters. The molecule has 2 N–H and O–H groups in total. The van der Waals surface area contributed by atoms with Gasteiger partial charge in [-0.1, -0.05) is 11.3 Å². The number of aromatic nitrogens is 3. The van der Waals surface area contributed by atoms with E-state index >= 15 is 0 Å². The number of nitrogens with zero attached hydrogens (tertiary/aromatic N) is 4. The zero-order valence-corrected chi connectivity index (χ0v) is 13.0. The Morgan fingerprint density at radius 3 is 2.91 bits per heavy atom. The molecule has 0 aromatic carbocycles. The Morgan fingerprint density at radius 1 is 1.36 bits per heavy atom. The molecule has 1 aliphatic heterocycles. The minimum Gasteiger partial charge on any atom is -0.474 e. The molecule has 1 aliphatic rings. The van der Waals surface area contributed by atoms with E-state index in [4.69, 9.17) is 10.00 Å². The molecule has 1 saturated heterocycles. The van der Waals surface area contributed by atoms with Gasteiger partial charge in [-0.2, -0.15) is 5.26 Å². The third kappa shape index (κ3) is 3.32. The first-order valence-corrected chi connectivity index (χ1v) is 7.90. The van der Waals surface area contributed by atoms with E-state index < -0.39 is 0 Å². The molecule has 0 aliphatic carbocycles. The van der Waals surface area contributed by atoms with Crippen molar-refractivity contribution >= 4 is 22.3 Å². The summed E-state index contributed by atoms with van der Waals surface area (Å²) >= 11 is 1.29. The highest BCUT2D eigenvalue weighted by atomic mass is 32.1. The normalized spacial score (nSPS) is 15.3. The molecule has 0 spiro atoms. The number of nitriles is 1. The lowest BCUT2D eigenvalue weighted by Gasteiger charge is -2.24. The van der Waals surface area contributed by atoms with Crippen LogP contribution in [0.2, 0.25) is 0 Å². The van der Waals surface area contributed by atoms with Gasteiger partial charge in [0.2, 0.25) is 5.88 Å². The van der Waals surface area contributed by atoms with Crippen molar-refractivity contribution in [2.24, 2.45) is 0 Å². The lowest BCUT2D eigenvalue weighted by molar-refractivity contribution is 0.154. The van der Waals surface area contributed by atoms with Gasteiger partial charge in [0.1, 0.15) is 29.2 Å². The summed E-state index contributed by atoms with van der Waals surface area (Å²) in [7, 11) is 0. The molecule has 3 rings (SSSR count). The molecule has 2 aromatic rings. The summed E-state index contributed by atoms with van der Waals surface area (Å²) in [5.41, 5.74) is 0.842. The van der Waals surface area contributed by atoms with Gasteiger partial charge in [-0.05, 0) is 32.9 Å². The second kappa shape index (κ2) is 6.68. The second-order valence-corrected chi connectivity index (χ2v) is 6.02. The lowest BCUT2D eigenvalue weighted by atomic mass is 10.1. The van der Waals surface area contributed by atoms with E-state index in [0.29, 0.717) is 21.7 Å². The minimum atomic E-state index is 0.188. The van der Waals surface area contributed by atoms with Crippen LogP contribution < -0.4 is 15.4 Å². The Bertz CT molecular complexity index is 689. The van der Waals surface area contributed by atoms with Crippen molar-refractivity contribution in [2.45, 2.75) is 25.9 Å². The Kier molecular flexibility index (Phi) is 4.46. The third-order valence-corrected chi connectivity index (χ3v) is 4.26. The van der Waals surface area contributed by atoms with Gasteiger partial charge in [-0.3, -0.25) is 0 Å². The molecular weight excluding hydrogens is 300 g/mol. The van der Waals surface area contributed by atoms with Crippen LogP contribution in [0.25, 0.3) is 0 Å². The number of hydrogen-bond acceptors (Lipinski definition) is 8. The van der Waals surface area contributed by atoms with Crippen LogP contribution >= 0.6 is 11.3 Å². The average Bonchev–Trinajstić information content (AvgIpc) is 3.00. The molecular formula is C14H16N6OS. The SMILES string of the molecule is Cc1c(Nc2ncc(C#N)s2)ncnc1OC1CCNCC1. The Labute approximate surface area is 132 Å². The molecule has 114 valence electrons. The Morgan fingerprint density at radius 2 is 2.18 bits per heavy atom. The fourth-order valence-electron chi connectivity index (χ4n) is 2.23. The molecule has 0 saturated carbocycles. The number of thiazole rings is 1. The van der Waals surface area contributed by atoms with Crippen LogP contribution in [0, 0.1) is 18.3 Å². The highest BCUT2D eigenvalue weighted by Crippen LogP contribution is 2.27. The first-order valence-electron chi connectivity index (χ1n) is 7.08. The first kappa shape index (κ1) is 14.7. The highest BCUT2D eigenvalue weighted by Gasteiger charge is 2.18. The number of hydrogen-bond donors (Lipinski definition) is 2. The molecule has 0 amide bonds. The summed E-state index contributed by atoms with van der Waals surface area (Å²) in [6, 6.07) is 2.07. The second-order valence-electron chi connectivity index (χ2n) is 4.99. The molecule has 0 radical (unpaired) electrons. The van der Waals surface area contributed by atoms with Crippen LogP contribution in [0.3, 0.4) is 0 Å². The average molecular weight is 316 g/mol. The molecule has 1 fully saturated rings. The van der Waals surface area contributed by atoms with Crippen molar-refractivity contribution in [3.05, 3.63) is 23.0 Å². The zero-order valence-electron chi connectivity index (χ0n) is 12.2. The summed E-state index contributed by atoms with van der Waals surface area (Å²) in [6.45, 7) is 3.85. The van der Waals surface area contributed by atoms with Gasteiger partial charge in [-0.25, -0.2) is 15.0 Å². The maximum absolute atomic E-state index is 8.84. The zero-order chi connectivity index (χ0) is 15.4. The van der Waals surface area contributed by atoms with Gasteiger partial charge >= 0.3 is 0 Å². The molecule has 3 heterocycles. The predicted molar refractivity (Wildman–Crippen MR) is 83.4 cm³/mol. The summed E-state index contributed by atoms with van der Waals surface area (Å²) in [5.74, 6) is 1.25. The standard InChI is InChI=1S/C14H16N6OS/c1-9-12(20-14-17-7-11(6-15)22-14)18-8-19-13(9)21-10-2-4-16-5-3-10/h7-8,10,16H,2-5H2,1H3,(H,17,18,19,20). The molecule has 22 heavy (non-hydrogen) atoms. The number of ether oxygens (including phenoxy) is 1. The van der Waals surface area contributed by atoms with Gasteiger partial charge < -0.3 is 15.4 Å². The summed E-state index contributed by atoms with van der Waals surface area (Å²) in [6.07, 6.45) is 5.15. The van der Waals surface area contributed by atoms with E-state index in [9.17, 15) is 0 Å². The maximum Gasteiger partial charge on any atom is 0.221 e. The quantitative estimate of drug-likeness (QED) is 0.890. The van der Waals surface area contributed by atoms with Crippen LogP contribution in [-0.4, -0.2) is 34.1 Å². The van der Waals surface area contributed by atoms with E-state index in [2.05, 4.69) is 31.7 Å². The lowest BCUT2D eigenvalue weighted by Crippen LogP contribution is -2.34. The van der Waals surface area contributed by atoms with Gasteiger partial charge in [0.25, 0.3) is 0 Å². The van der Waals surface area contributed by atoms with Crippen LogP contribution in [0.5, 0.6) is 5.88 Å². The Balaban J connectivity index is 1.74. The fourth-order valence-corrected chi connectivity index (χ4v) is 2.85. The van der Waals surface area contributed by atoms with Gasteiger partial charge in [-0.15, -0.1) is 0 Å². The van der Waals surface area contributed by atoms with Crippen molar-refractivity contribution in [3.8, 4) is 11.9 Å². The van der Waals surface area contributed by atoms with E-state index in [-0.39, 0.29) is 6.10 Å². The highest BCUT2D eigenvalue weighted by molar-refractivity contribution is 7.16. The van der Waals surface area contributed by atoms with E-state index in [1.165, 1.54) is 23.9 Å². The van der Waals surface area contributed by atoms with Crippen LogP contribution in [0.15, 0.2) is 12.5 Å². The minimum absolute atomic E-state index is 0.188. The molecule has 0 bridgehead atoms. The maximum atomic E-state index is 8.84. The van der Waals surface area contributed by atoms with Gasteiger partial charge in [0, 0.05) is 0 Å². The van der Waals surface area contributed by atoms with Crippen LogP contribution in [0.1, 0.15) is 23.3 Å². The van der Waals surface area contributed by atoms with Gasteiger partial charge in [0.05, 0.1) is 11.8 Å². The van der Waals surface area contributed by atoms with E-state index in [0.717, 1.165) is 31.5 Å². The third-order valence-electron chi connectivity index (χ3n) is 3.44. The van der Waals surface area contributed by atoms with Crippen LogP contribution in [-0.2, 0) is 0 Å². The summed E-state index contributed by atoms with van der Waals surface area (Å²) in [5, 5.41) is 15.9. The van der Waals surface area contributed by atoms with Crippen molar-refractivity contribution in [3.63, 3.8) is 0 Å². The monoisotopic (exact) mass is 316 g/mol. The largest absolute Gasteiger partial charge is 0.474 e. The predicted octanol–water partition coefficient (Wildman–Crippen LogP) is 1.99. The topological polar surface area (TPSA) is 95.8 Å². The van der Waals surface area contributed by atoms with Gasteiger partial charge in [0.15, 0.2) is 5.13 Å². The Hall–Kier alpha value is -2.24. The van der Waals surface area contributed by atoms with Crippen molar-refractivity contribution in [2.75, 3.05) is 18.4 Å². The summed E-state index contributed by atoms with van der Waals surface area (Å²) in [4.78, 5) is 13.2. The fraction of sp³-hybridized carbons (Fsp3) is 0.429. The smallest absolute Gasteiger partial charge is 0.221 e. The van der Waals surface area contributed by atoms with Crippen molar-refractivity contribution in [1.29, 1.82) is 5.26 Å². The number of rotatable bonds is 4. The summed E-state index contributed by atoms with van der Waals surface area (Å²) < 4.78 is 5.99. The molecule has 7 nitrogen and oxygen atoms in total. The number of nitrogens with one attached hydrogen (secondary N) is 2. The first-order chi connectivity index (χ1) is 10.8. The molecule has 8 heteroatoms. The molecule has 0 unspecified atom stereocenters. The number of piperidine rings is 1. The van der Waals surface area contributed by atoms with E-state index in [1.807, 2.05) is 6.92 Å². The van der Waals surface area contributed by atoms with Crippen molar-refractivity contribution < 1.29 is 4.74 Å². The van der Waals surface area contributed by atoms with Crippen molar-refractivity contribution in [1.82, 2.24) is 20.3 Å². The molecule has 2 aromatic heterocycles.